The van der Waals surface area contributed by atoms with Gasteiger partial charge >= 0.3 is 6.03 Å². The van der Waals surface area contributed by atoms with Gasteiger partial charge in [0.05, 0.1) is 12.1 Å². The average molecular weight is 215 g/mol. The molecule has 5 heteroatoms. The van der Waals surface area contributed by atoms with Crippen LogP contribution in [0.3, 0.4) is 0 Å². The fraction of sp³-hybridized carbons (Fsp3) is 0.900. The van der Waals surface area contributed by atoms with E-state index in [0.29, 0.717) is 19.6 Å². The van der Waals surface area contributed by atoms with Crippen molar-refractivity contribution >= 4 is 6.03 Å². The Morgan fingerprint density at radius 3 is 2.87 bits per heavy atom. The lowest BCUT2D eigenvalue weighted by Gasteiger charge is -2.26. The number of likely N-dealkylation sites (N-methyl/N-ethyl adjacent to an activating group) is 1. The number of amides is 2. The molecular formula is C10H21N3O2. The number of carbonyl (C=O) groups is 1. The third-order valence-corrected chi connectivity index (χ3v) is 2.78. The van der Waals surface area contributed by atoms with Crippen LogP contribution in [-0.4, -0.2) is 54.9 Å². The van der Waals surface area contributed by atoms with Crippen LogP contribution < -0.4 is 10.6 Å². The van der Waals surface area contributed by atoms with Gasteiger partial charge in [-0.05, 0) is 6.42 Å². The smallest absolute Gasteiger partial charge is 0.317 e. The molecule has 1 aliphatic heterocycles. The van der Waals surface area contributed by atoms with Crippen molar-refractivity contribution in [1.82, 2.24) is 15.5 Å². The molecule has 0 radical (unpaired) electrons. The number of carbonyl (C=O) groups excluding carboxylic acids is 1. The van der Waals surface area contributed by atoms with E-state index < -0.39 is 6.10 Å². The Labute approximate surface area is 90.8 Å². The van der Waals surface area contributed by atoms with Gasteiger partial charge in [0.2, 0.25) is 0 Å². The highest BCUT2D eigenvalue weighted by atomic mass is 16.3. The molecule has 1 fully saturated rings. The number of rotatable bonds is 4. The van der Waals surface area contributed by atoms with Crippen LogP contribution in [-0.2, 0) is 0 Å². The molecule has 1 aliphatic rings. The van der Waals surface area contributed by atoms with E-state index in [1.54, 1.807) is 11.9 Å². The van der Waals surface area contributed by atoms with Gasteiger partial charge in [-0.25, -0.2) is 4.79 Å². The topological polar surface area (TPSA) is 64.6 Å². The fourth-order valence-electron chi connectivity index (χ4n) is 1.69. The van der Waals surface area contributed by atoms with E-state index in [9.17, 15) is 9.90 Å². The van der Waals surface area contributed by atoms with Gasteiger partial charge in [-0.15, -0.1) is 0 Å². The van der Waals surface area contributed by atoms with Gasteiger partial charge in [0.25, 0.3) is 0 Å². The van der Waals surface area contributed by atoms with Crippen LogP contribution in [0.15, 0.2) is 0 Å². The van der Waals surface area contributed by atoms with E-state index in [1.807, 2.05) is 0 Å². The molecule has 0 bridgehead atoms. The van der Waals surface area contributed by atoms with Crippen molar-refractivity contribution in [2.24, 2.45) is 0 Å². The number of hydrogen-bond acceptors (Lipinski definition) is 3. The van der Waals surface area contributed by atoms with Crippen LogP contribution in [0.2, 0.25) is 0 Å². The van der Waals surface area contributed by atoms with Crippen LogP contribution in [0.1, 0.15) is 19.8 Å². The molecule has 0 saturated carbocycles. The lowest BCUT2D eigenvalue weighted by Crippen LogP contribution is -2.48. The second kappa shape index (κ2) is 5.92. The van der Waals surface area contributed by atoms with Crippen molar-refractivity contribution in [1.29, 1.82) is 0 Å². The van der Waals surface area contributed by atoms with Crippen LogP contribution in [0, 0.1) is 0 Å². The highest BCUT2D eigenvalue weighted by Gasteiger charge is 2.30. The van der Waals surface area contributed by atoms with E-state index >= 15 is 0 Å². The molecule has 0 aliphatic carbocycles. The molecule has 1 heterocycles. The van der Waals surface area contributed by atoms with E-state index in [-0.39, 0.29) is 12.1 Å². The monoisotopic (exact) mass is 215 g/mol. The summed E-state index contributed by atoms with van der Waals surface area (Å²) in [7, 11) is 1.72. The summed E-state index contributed by atoms with van der Waals surface area (Å²) in [6.45, 7) is 4.02. The van der Waals surface area contributed by atoms with Crippen molar-refractivity contribution in [3.05, 3.63) is 0 Å². The minimum absolute atomic E-state index is 0.101. The van der Waals surface area contributed by atoms with Gasteiger partial charge in [-0.2, -0.15) is 0 Å². The highest BCUT2D eigenvalue weighted by Crippen LogP contribution is 2.07. The van der Waals surface area contributed by atoms with E-state index in [2.05, 4.69) is 17.6 Å². The number of nitrogens with zero attached hydrogens (tertiary/aromatic N) is 1. The third kappa shape index (κ3) is 3.35. The first-order chi connectivity index (χ1) is 7.16. The number of β-amino-alcohol motifs (C(OH)–C–C–N with tert-alkyl or cyclic N) is 1. The summed E-state index contributed by atoms with van der Waals surface area (Å²) in [5.74, 6) is 0. The van der Waals surface area contributed by atoms with Gasteiger partial charge in [-0.3, -0.25) is 0 Å². The van der Waals surface area contributed by atoms with Crippen molar-refractivity contribution in [2.75, 3.05) is 26.7 Å². The van der Waals surface area contributed by atoms with E-state index in [1.165, 1.54) is 0 Å². The minimum atomic E-state index is -0.452. The van der Waals surface area contributed by atoms with Crippen LogP contribution in [0.4, 0.5) is 4.79 Å². The molecule has 2 amide bonds. The molecule has 1 saturated heterocycles. The van der Waals surface area contributed by atoms with Gasteiger partial charge in [-0.1, -0.05) is 13.3 Å². The Morgan fingerprint density at radius 2 is 2.33 bits per heavy atom. The standard InChI is InChI=1S/C10H21N3O2/c1-3-4-5-12-10(15)13(2)8-6-11-7-9(8)14/h8-9,11,14H,3-7H2,1-2H3,(H,12,15)/t8-,9-/m0/s1. The summed E-state index contributed by atoms with van der Waals surface area (Å²) in [5.41, 5.74) is 0. The Bertz CT molecular complexity index is 211. The predicted molar refractivity (Wildman–Crippen MR) is 58.7 cm³/mol. The maximum Gasteiger partial charge on any atom is 0.317 e. The lowest BCUT2D eigenvalue weighted by atomic mass is 10.2. The first-order valence-corrected chi connectivity index (χ1v) is 5.56. The third-order valence-electron chi connectivity index (χ3n) is 2.78. The molecule has 2 atom stereocenters. The Kier molecular flexibility index (Phi) is 4.84. The fourth-order valence-corrected chi connectivity index (χ4v) is 1.69. The molecule has 0 aromatic carbocycles. The van der Waals surface area contributed by atoms with Crippen LogP contribution >= 0.6 is 0 Å². The van der Waals surface area contributed by atoms with Crippen molar-refractivity contribution in [3.63, 3.8) is 0 Å². The molecule has 88 valence electrons. The number of nitrogens with one attached hydrogen (secondary N) is 2. The Balaban J connectivity index is 2.31. The molecule has 5 nitrogen and oxygen atoms in total. The molecule has 0 unspecified atom stereocenters. The Hall–Kier alpha value is -0.810. The SMILES string of the molecule is CCCCNC(=O)N(C)[C@H]1CNC[C@@H]1O. The first kappa shape index (κ1) is 12.3. The molecule has 0 spiro atoms. The summed E-state index contributed by atoms with van der Waals surface area (Å²) in [6, 6.07) is -0.206. The van der Waals surface area contributed by atoms with Crippen molar-refractivity contribution in [2.45, 2.75) is 31.9 Å². The summed E-state index contributed by atoms with van der Waals surface area (Å²) >= 11 is 0. The summed E-state index contributed by atoms with van der Waals surface area (Å²) in [5, 5.41) is 15.5. The average Bonchev–Trinajstić information content (AvgIpc) is 2.63. The van der Waals surface area contributed by atoms with Crippen LogP contribution in [0.25, 0.3) is 0 Å². The number of urea groups is 1. The molecule has 0 aromatic heterocycles. The maximum absolute atomic E-state index is 11.6. The van der Waals surface area contributed by atoms with E-state index in [4.69, 9.17) is 0 Å². The normalized spacial score (nSPS) is 25.3. The maximum atomic E-state index is 11.6. The predicted octanol–water partition coefficient (Wildman–Crippen LogP) is -0.239. The second-order valence-electron chi connectivity index (χ2n) is 3.99. The van der Waals surface area contributed by atoms with Gasteiger partial charge in [0.1, 0.15) is 0 Å². The number of unbranched alkanes of at least 4 members (excludes halogenated alkanes) is 1. The van der Waals surface area contributed by atoms with E-state index in [0.717, 1.165) is 12.8 Å². The number of hydrogen-bond donors (Lipinski definition) is 3. The van der Waals surface area contributed by atoms with Gasteiger partial charge in [0.15, 0.2) is 0 Å². The number of aliphatic hydroxyl groups excluding tert-OH is 1. The van der Waals surface area contributed by atoms with Gasteiger partial charge in [0, 0.05) is 26.7 Å². The zero-order valence-electron chi connectivity index (χ0n) is 9.49. The minimum Gasteiger partial charge on any atom is -0.390 e. The largest absolute Gasteiger partial charge is 0.390 e. The summed E-state index contributed by atoms with van der Waals surface area (Å²) < 4.78 is 0. The van der Waals surface area contributed by atoms with Gasteiger partial charge < -0.3 is 20.6 Å². The molecule has 3 N–H and O–H groups in total. The molecule has 0 aromatic rings. The van der Waals surface area contributed by atoms with Crippen molar-refractivity contribution in [3.8, 4) is 0 Å². The van der Waals surface area contributed by atoms with Crippen LogP contribution in [0.5, 0.6) is 0 Å². The molecular weight excluding hydrogens is 194 g/mol. The zero-order valence-corrected chi connectivity index (χ0v) is 9.49. The summed E-state index contributed by atoms with van der Waals surface area (Å²) in [4.78, 5) is 13.2. The molecule has 15 heavy (non-hydrogen) atoms. The second-order valence-corrected chi connectivity index (χ2v) is 3.99. The zero-order chi connectivity index (χ0) is 11.3. The lowest BCUT2D eigenvalue weighted by molar-refractivity contribution is 0.110. The number of aliphatic hydroxyl groups is 1. The molecule has 1 rings (SSSR count). The Morgan fingerprint density at radius 1 is 1.60 bits per heavy atom. The quantitative estimate of drug-likeness (QED) is 0.567. The van der Waals surface area contributed by atoms with Crippen molar-refractivity contribution < 1.29 is 9.90 Å². The summed E-state index contributed by atoms with van der Waals surface area (Å²) in [6.07, 6.45) is 1.61. The highest BCUT2D eigenvalue weighted by molar-refractivity contribution is 5.74. The first-order valence-electron chi connectivity index (χ1n) is 5.56.